The van der Waals surface area contributed by atoms with Crippen molar-refractivity contribution in [1.82, 2.24) is 0 Å². The third kappa shape index (κ3) is 1.33. The lowest BCUT2D eigenvalue weighted by atomic mass is 9.86. The van der Waals surface area contributed by atoms with Gasteiger partial charge in [-0.25, -0.2) is 0 Å². The van der Waals surface area contributed by atoms with Crippen molar-refractivity contribution in [2.45, 2.75) is 32.8 Å². The molecular weight excluding hydrogens is 124 g/mol. The van der Waals surface area contributed by atoms with Gasteiger partial charge in [-0.2, -0.15) is 0 Å². The molecule has 0 N–H and O–H groups in total. The van der Waals surface area contributed by atoms with Crippen molar-refractivity contribution in [3.63, 3.8) is 0 Å². The molecule has 1 aliphatic heterocycles. The fourth-order valence-electron chi connectivity index (χ4n) is 1.24. The Balaban J connectivity index is 2.56. The molecule has 0 aromatic heterocycles. The van der Waals surface area contributed by atoms with Crippen molar-refractivity contribution in [1.29, 1.82) is 0 Å². The summed E-state index contributed by atoms with van der Waals surface area (Å²) in [7, 11) is 0. The van der Waals surface area contributed by atoms with Gasteiger partial charge in [0.1, 0.15) is 0 Å². The first-order valence-electron chi connectivity index (χ1n) is 3.76. The van der Waals surface area contributed by atoms with Crippen molar-refractivity contribution >= 4 is 0 Å². The molecule has 0 aromatic rings. The van der Waals surface area contributed by atoms with Crippen molar-refractivity contribution in [3.05, 3.63) is 0 Å². The van der Waals surface area contributed by atoms with E-state index in [0.717, 1.165) is 19.4 Å². The van der Waals surface area contributed by atoms with E-state index in [-0.39, 0.29) is 11.5 Å². The van der Waals surface area contributed by atoms with Crippen LogP contribution in [0.2, 0.25) is 0 Å². The normalized spacial score (nSPS) is 26.3. The smallest absolute Gasteiger partial charge is 0.0735 e. The molecule has 0 saturated carbocycles. The van der Waals surface area contributed by atoms with Gasteiger partial charge in [0.05, 0.1) is 11.5 Å². The molecule has 1 fully saturated rings. The molecule has 10 heavy (non-hydrogen) atoms. The quantitative estimate of drug-likeness (QED) is 0.502. The lowest BCUT2D eigenvalue weighted by Crippen LogP contribution is -2.26. The highest BCUT2D eigenvalue weighted by Gasteiger charge is 2.30. The summed E-state index contributed by atoms with van der Waals surface area (Å²) in [5.41, 5.74) is -0.0729. The van der Waals surface area contributed by atoms with Crippen molar-refractivity contribution in [2.24, 2.45) is 5.41 Å². The second-order valence-corrected chi connectivity index (χ2v) is 3.37. The second kappa shape index (κ2) is 2.64. The molecule has 56 valence electrons. The van der Waals surface area contributed by atoms with Crippen LogP contribution in [-0.4, -0.2) is 12.7 Å². The SMILES string of the molecule is C#CC(C)(C)C1CCCO1. The van der Waals surface area contributed by atoms with E-state index in [2.05, 4.69) is 19.8 Å². The Morgan fingerprint density at radius 1 is 1.60 bits per heavy atom. The number of ether oxygens (including phenoxy) is 1. The molecule has 1 atom stereocenters. The van der Waals surface area contributed by atoms with Gasteiger partial charge < -0.3 is 4.74 Å². The molecule has 1 aliphatic rings. The Hall–Kier alpha value is -0.480. The van der Waals surface area contributed by atoms with Gasteiger partial charge in [0.15, 0.2) is 0 Å². The molecule has 0 aromatic carbocycles. The average Bonchev–Trinajstić information content (AvgIpc) is 2.38. The Bertz CT molecular complexity index is 147. The predicted octanol–water partition coefficient (Wildman–Crippen LogP) is 1.82. The number of hydrogen-bond acceptors (Lipinski definition) is 1. The van der Waals surface area contributed by atoms with Gasteiger partial charge in [0.2, 0.25) is 0 Å². The zero-order chi connectivity index (χ0) is 7.61. The summed E-state index contributed by atoms with van der Waals surface area (Å²) in [6.07, 6.45) is 7.93. The maximum atomic E-state index is 5.47. The van der Waals surface area contributed by atoms with E-state index in [1.54, 1.807) is 0 Å². The third-order valence-corrected chi connectivity index (χ3v) is 2.11. The van der Waals surface area contributed by atoms with E-state index < -0.39 is 0 Å². The maximum absolute atomic E-state index is 5.47. The fraction of sp³-hybridized carbons (Fsp3) is 0.778. The van der Waals surface area contributed by atoms with Gasteiger partial charge in [-0.3, -0.25) is 0 Å². The lowest BCUT2D eigenvalue weighted by molar-refractivity contribution is 0.0479. The molecule has 1 saturated heterocycles. The predicted molar refractivity (Wildman–Crippen MR) is 41.6 cm³/mol. The molecule has 1 nitrogen and oxygen atoms in total. The Morgan fingerprint density at radius 3 is 2.70 bits per heavy atom. The van der Waals surface area contributed by atoms with E-state index in [1.807, 2.05) is 0 Å². The topological polar surface area (TPSA) is 9.23 Å². The summed E-state index contributed by atoms with van der Waals surface area (Å²) in [6.45, 7) is 5.00. The first kappa shape index (κ1) is 7.63. The van der Waals surface area contributed by atoms with Crippen LogP contribution < -0.4 is 0 Å². The van der Waals surface area contributed by atoms with Gasteiger partial charge in [0.25, 0.3) is 0 Å². The molecule has 0 aliphatic carbocycles. The standard InChI is InChI=1S/C9H14O/c1-4-9(2,3)8-6-5-7-10-8/h1,8H,5-7H2,2-3H3. The molecule has 1 rings (SSSR count). The molecule has 1 heterocycles. The highest BCUT2D eigenvalue weighted by Crippen LogP contribution is 2.29. The summed E-state index contributed by atoms with van der Waals surface area (Å²) < 4.78 is 5.47. The Labute approximate surface area is 62.8 Å². The second-order valence-electron chi connectivity index (χ2n) is 3.37. The van der Waals surface area contributed by atoms with Gasteiger partial charge in [-0.15, -0.1) is 6.42 Å². The van der Waals surface area contributed by atoms with Crippen LogP contribution in [0.1, 0.15) is 26.7 Å². The zero-order valence-electron chi connectivity index (χ0n) is 6.68. The van der Waals surface area contributed by atoms with Crippen molar-refractivity contribution in [3.8, 4) is 12.3 Å². The van der Waals surface area contributed by atoms with Crippen LogP contribution in [0, 0.1) is 17.8 Å². The lowest BCUT2D eigenvalue weighted by Gasteiger charge is -2.24. The van der Waals surface area contributed by atoms with Crippen LogP contribution >= 0.6 is 0 Å². The third-order valence-electron chi connectivity index (χ3n) is 2.11. The van der Waals surface area contributed by atoms with Crippen molar-refractivity contribution in [2.75, 3.05) is 6.61 Å². The van der Waals surface area contributed by atoms with Crippen LogP contribution in [0.5, 0.6) is 0 Å². The van der Waals surface area contributed by atoms with E-state index >= 15 is 0 Å². The average molecular weight is 138 g/mol. The van der Waals surface area contributed by atoms with Gasteiger partial charge in [0, 0.05) is 6.61 Å². The molecule has 0 radical (unpaired) electrons. The van der Waals surface area contributed by atoms with Gasteiger partial charge >= 0.3 is 0 Å². The van der Waals surface area contributed by atoms with E-state index in [0.29, 0.717) is 0 Å². The van der Waals surface area contributed by atoms with E-state index in [9.17, 15) is 0 Å². The number of rotatable bonds is 1. The van der Waals surface area contributed by atoms with Crippen LogP contribution in [0.3, 0.4) is 0 Å². The van der Waals surface area contributed by atoms with E-state index in [1.165, 1.54) is 0 Å². The Morgan fingerprint density at radius 2 is 2.30 bits per heavy atom. The minimum Gasteiger partial charge on any atom is -0.377 e. The first-order valence-corrected chi connectivity index (χ1v) is 3.76. The largest absolute Gasteiger partial charge is 0.377 e. The van der Waals surface area contributed by atoms with Crippen molar-refractivity contribution < 1.29 is 4.74 Å². The summed E-state index contributed by atoms with van der Waals surface area (Å²) in [5, 5.41) is 0. The van der Waals surface area contributed by atoms with Crippen LogP contribution in [0.15, 0.2) is 0 Å². The molecular formula is C9H14O. The maximum Gasteiger partial charge on any atom is 0.0735 e. The van der Waals surface area contributed by atoms with Crippen LogP contribution in [0.4, 0.5) is 0 Å². The fourth-order valence-corrected chi connectivity index (χ4v) is 1.24. The summed E-state index contributed by atoms with van der Waals surface area (Å²) in [6, 6.07) is 0. The van der Waals surface area contributed by atoms with E-state index in [4.69, 9.17) is 11.2 Å². The molecule has 1 unspecified atom stereocenters. The highest BCUT2D eigenvalue weighted by molar-refractivity contribution is 5.05. The molecule has 1 heteroatoms. The number of terminal acetylenes is 1. The summed E-state index contributed by atoms with van der Waals surface area (Å²) >= 11 is 0. The molecule has 0 bridgehead atoms. The summed E-state index contributed by atoms with van der Waals surface area (Å²) in [5.74, 6) is 2.76. The zero-order valence-corrected chi connectivity index (χ0v) is 6.68. The van der Waals surface area contributed by atoms with Crippen LogP contribution in [0.25, 0.3) is 0 Å². The minimum absolute atomic E-state index is 0.0729. The minimum atomic E-state index is -0.0729. The van der Waals surface area contributed by atoms with Crippen LogP contribution in [-0.2, 0) is 4.74 Å². The monoisotopic (exact) mass is 138 g/mol. The number of hydrogen-bond donors (Lipinski definition) is 0. The summed E-state index contributed by atoms with van der Waals surface area (Å²) in [4.78, 5) is 0. The van der Waals surface area contributed by atoms with Gasteiger partial charge in [-0.05, 0) is 26.7 Å². The molecule has 0 spiro atoms. The Kier molecular flexibility index (Phi) is 2.01. The molecule has 0 amide bonds. The highest BCUT2D eigenvalue weighted by atomic mass is 16.5. The first-order chi connectivity index (χ1) is 4.67. The van der Waals surface area contributed by atoms with Gasteiger partial charge in [-0.1, -0.05) is 5.92 Å².